The number of carbonyl (C=O) groups excluding carboxylic acids is 1. The van der Waals surface area contributed by atoms with Gasteiger partial charge in [-0.3, -0.25) is 9.36 Å². The number of rotatable bonds is 7. The van der Waals surface area contributed by atoms with Gasteiger partial charge in [-0.2, -0.15) is 5.10 Å². The van der Waals surface area contributed by atoms with Crippen molar-refractivity contribution in [2.75, 3.05) is 5.75 Å². The lowest BCUT2D eigenvalue weighted by atomic mass is 10.1. The van der Waals surface area contributed by atoms with Gasteiger partial charge in [0, 0.05) is 16.8 Å². The van der Waals surface area contributed by atoms with E-state index in [0.717, 1.165) is 22.4 Å². The standard InChI is InChI=1S/C25H22FN5OS/c1-17-7-11-19(12-8-17)24-29-30-25(31(24)21-13-9-18(2)10-14-21)33-16-23(32)28-27-15-20-5-3-4-6-22(20)26/h3-15H,16H2,1-2H3,(H,28,32)/b27-15-. The van der Waals surface area contributed by atoms with E-state index in [1.165, 1.54) is 24.0 Å². The summed E-state index contributed by atoms with van der Waals surface area (Å²) in [5, 5.41) is 13.2. The molecule has 0 aliphatic carbocycles. The topological polar surface area (TPSA) is 72.2 Å². The second kappa shape index (κ2) is 10.2. The highest BCUT2D eigenvalue weighted by molar-refractivity contribution is 7.99. The van der Waals surface area contributed by atoms with Crippen molar-refractivity contribution in [2.24, 2.45) is 5.10 Å². The van der Waals surface area contributed by atoms with Crippen LogP contribution in [-0.4, -0.2) is 32.6 Å². The number of hydrazone groups is 1. The first-order chi connectivity index (χ1) is 16.0. The van der Waals surface area contributed by atoms with Gasteiger partial charge in [0.05, 0.1) is 12.0 Å². The Kier molecular flexibility index (Phi) is 6.95. The fourth-order valence-electron chi connectivity index (χ4n) is 3.10. The van der Waals surface area contributed by atoms with E-state index in [1.54, 1.807) is 18.2 Å². The van der Waals surface area contributed by atoms with E-state index in [4.69, 9.17) is 0 Å². The van der Waals surface area contributed by atoms with Crippen LogP contribution in [0.25, 0.3) is 17.1 Å². The molecule has 1 N–H and O–H groups in total. The number of nitrogens with zero attached hydrogens (tertiary/aromatic N) is 4. The minimum absolute atomic E-state index is 0.0759. The van der Waals surface area contributed by atoms with Gasteiger partial charge >= 0.3 is 0 Å². The van der Waals surface area contributed by atoms with E-state index < -0.39 is 5.82 Å². The highest BCUT2D eigenvalue weighted by Crippen LogP contribution is 2.28. The van der Waals surface area contributed by atoms with Crippen LogP contribution >= 0.6 is 11.8 Å². The van der Waals surface area contributed by atoms with Crippen molar-refractivity contribution in [1.29, 1.82) is 0 Å². The van der Waals surface area contributed by atoms with Crippen molar-refractivity contribution >= 4 is 23.9 Å². The Bertz CT molecular complexity index is 1280. The van der Waals surface area contributed by atoms with Gasteiger partial charge < -0.3 is 0 Å². The molecule has 0 atom stereocenters. The third kappa shape index (κ3) is 5.53. The molecule has 0 bridgehead atoms. The predicted octanol–water partition coefficient (Wildman–Crippen LogP) is 4.93. The average Bonchev–Trinajstić information content (AvgIpc) is 3.24. The van der Waals surface area contributed by atoms with Crippen molar-refractivity contribution in [2.45, 2.75) is 19.0 Å². The van der Waals surface area contributed by atoms with Gasteiger partial charge in [0.2, 0.25) is 0 Å². The SMILES string of the molecule is Cc1ccc(-c2nnc(SCC(=O)N/N=C\c3ccccc3F)n2-c2ccc(C)cc2)cc1. The lowest BCUT2D eigenvalue weighted by Crippen LogP contribution is -2.20. The number of aromatic nitrogens is 3. The zero-order chi connectivity index (χ0) is 23.2. The molecule has 3 aromatic carbocycles. The van der Waals surface area contributed by atoms with Crippen molar-refractivity contribution in [3.8, 4) is 17.1 Å². The fourth-order valence-corrected chi connectivity index (χ4v) is 3.84. The normalized spacial score (nSPS) is 11.1. The summed E-state index contributed by atoms with van der Waals surface area (Å²) in [6.45, 7) is 4.06. The van der Waals surface area contributed by atoms with Gasteiger partial charge in [0.15, 0.2) is 11.0 Å². The third-order valence-electron chi connectivity index (χ3n) is 4.87. The lowest BCUT2D eigenvalue weighted by molar-refractivity contribution is -0.118. The van der Waals surface area contributed by atoms with Crippen LogP contribution in [0, 0.1) is 19.7 Å². The van der Waals surface area contributed by atoms with E-state index in [-0.39, 0.29) is 11.7 Å². The molecule has 33 heavy (non-hydrogen) atoms. The number of carbonyl (C=O) groups is 1. The number of amides is 1. The molecular formula is C25H22FN5OS. The third-order valence-corrected chi connectivity index (χ3v) is 5.79. The fraction of sp³-hybridized carbons (Fsp3) is 0.120. The van der Waals surface area contributed by atoms with Crippen molar-refractivity contribution in [1.82, 2.24) is 20.2 Å². The number of thioether (sulfide) groups is 1. The van der Waals surface area contributed by atoms with Crippen LogP contribution < -0.4 is 5.43 Å². The molecule has 0 unspecified atom stereocenters. The second-order valence-corrected chi connectivity index (χ2v) is 8.39. The maximum atomic E-state index is 13.7. The summed E-state index contributed by atoms with van der Waals surface area (Å²) < 4.78 is 15.6. The monoisotopic (exact) mass is 459 g/mol. The first-order valence-electron chi connectivity index (χ1n) is 10.3. The molecule has 4 rings (SSSR count). The number of hydrogen-bond acceptors (Lipinski definition) is 5. The number of benzene rings is 3. The summed E-state index contributed by atoms with van der Waals surface area (Å²) in [5.74, 6) is 0.0361. The Labute approximate surface area is 195 Å². The molecule has 0 radical (unpaired) electrons. The van der Waals surface area contributed by atoms with Crippen LogP contribution in [0.15, 0.2) is 83.1 Å². The largest absolute Gasteiger partial charge is 0.272 e. The van der Waals surface area contributed by atoms with Crippen LogP contribution in [0.1, 0.15) is 16.7 Å². The first-order valence-corrected chi connectivity index (χ1v) is 11.3. The number of nitrogens with one attached hydrogen (secondary N) is 1. The van der Waals surface area contributed by atoms with E-state index in [0.29, 0.717) is 16.5 Å². The summed E-state index contributed by atoms with van der Waals surface area (Å²) in [4.78, 5) is 12.3. The van der Waals surface area contributed by atoms with Crippen LogP contribution in [0.5, 0.6) is 0 Å². The minimum Gasteiger partial charge on any atom is -0.272 e. The molecule has 1 heterocycles. The molecule has 0 aliphatic rings. The van der Waals surface area contributed by atoms with E-state index in [1.807, 2.05) is 66.9 Å². The zero-order valence-corrected chi connectivity index (χ0v) is 19.0. The van der Waals surface area contributed by atoms with Crippen LogP contribution in [0.4, 0.5) is 4.39 Å². The number of halogens is 1. The summed E-state index contributed by atoms with van der Waals surface area (Å²) in [6.07, 6.45) is 1.28. The van der Waals surface area contributed by atoms with Gasteiger partial charge in [-0.25, -0.2) is 9.82 Å². The first kappa shape index (κ1) is 22.4. The van der Waals surface area contributed by atoms with E-state index in [9.17, 15) is 9.18 Å². The predicted molar refractivity (Wildman–Crippen MR) is 129 cm³/mol. The zero-order valence-electron chi connectivity index (χ0n) is 18.2. The lowest BCUT2D eigenvalue weighted by Gasteiger charge is -2.11. The number of aryl methyl sites for hydroxylation is 2. The molecule has 0 saturated carbocycles. The van der Waals surface area contributed by atoms with E-state index in [2.05, 4.69) is 20.7 Å². The second-order valence-electron chi connectivity index (χ2n) is 7.45. The average molecular weight is 460 g/mol. The van der Waals surface area contributed by atoms with Crippen LogP contribution in [0.2, 0.25) is 0 Å². The number of hydrogen-bond donors (Lipinski definition) is 1. The summed E-state index contributed by atoms with van der Waals surface area (Å²) in [5.41, 5.74) is 6.86. The molecular weight excluding hydrogens is 437 g/mol. The highest BCUT2D eigenvalue weighted by Gasteiger charge is 2.17. The molecule has 4 aromatic rings. The molecule has 1 aromatic heterocycles. The Balaban J connectivity index is 1.52. The Morgan fingerprint density at radius 3 is 2.36 bits per heavy atom. The van der Waals surface area contributed by atoms with Gasteiger partial charge in [-0.15, -0.1) is 10.2 Å². The maximum Gasteiger partial charge on any atom is 0.250 e. The van der Waals surface area contributed by atoms with Crippen molar-refractivity contribution < 1.29 is 9.18 Å². The van der Waals surface area contributed by atoms with Gasteiger partial charge in [-0.1, -0.05) is 77.5 Å². The molecule has 1 amide bonds. The van der Waals surface area contributed by atoms with Crippen molar-refractivity contribution in [3.05, 3.63) is 95.3 Å². The smallest absolute Gasteiger partial charge is 0.250 e. The quantitative estimate of drug-likeness (QED) is 0.242. The molecule has 0 saturated heterocycles. The van der Waals surface area contributed by atoms with Gasteiger partial charge in [0.1, 0.15) is 5.82 Å². The molecule has 0 fully saturated rings. The van der Waals surface area contributed by atoms with Crippen molar-refractivity contribution in [3.63, 3.8) is 0 Å². The molecule has 0 aliphatic heterocycles. The molecule has 0 spiro atoms. The van der Waals surface area contributed by atoms with Gasteiger partial charge in [-0.05, 0) is 32.0 Å². The molecule has 6 nitrogen and oxygen atoms in total. The molecule has 8 heteroatoms. The minimum atomic E-state index is -0.403. The summed E-state index contributed by atoms with van der Waals surface area (Å²) in [6, 6.07) is 22.3. The van der Waals surface area contributed by atoms with Crippen LogP contribution in [-0.2, 0) is 4.79 Å². The summed E-state index contributed by atoms with van der Waals surface area (Å²) >= 11 is 1.25. The van der Waals surface area contributed by atoms with Crippen LogP contribution in [0.3, 0.4) is 0 Å². The van der Waals surface area contributed by atoms with Gasteiger partial charge in [0.25, 0.3) is 5.91 Å². The Morgan fingerprint density at radius 1 is 1.00 bits per heavy atom. The highest BCUT2D eigenvalue weighted by atomic mass is 32.2. The Morgan fingerprint density at radius 2 is 1.67 bits per heavy atom. The molecule has 166 valence electrons. The van der Waals surface area contributed by atoms with E-state index >= 15 is 0 Å². The summed E-state index contributed by atoms with van der Waals surface area (Å²) in [7, 11) is 0. The Hall–Kier alpha value is -3.78. The maximum absolute atomic E-state index is 13.7.